The van der Waals surface area contributed by atoms with Crippen molar-refractivity contribution in [2.24, 2.45) is 0 Å². The van der Waals surface area contributed by atoms with Gasteiger partial charge in [0.25, 0.3) is 0 Å². The number of methoxy groups -OCH3 is 1. The van der Waals surface area contributed by atoms with E-state index < -0.39 is 24.2 Å². The Labute approximate surface area is 222 Å². The standard InChI is InChI=1S/C25H20F3N3O4S.C2H6/c1-33-18-4-2-3-17-20(13-9-14-6-7-15(10-13)31(14)23(32)25(26,27)28)16-8-5-12(11-19(16)34-21(17)18)22-29-24(36)35-30-22;1-2/h2-5,8,11,14-15H,6-7,9-10H2,1H3,(H,29,30,36);1-2H3. The minimum Gasteiger partial charge on any atom is -0.493 e. The third-order valence-electron chi connectivity index (χ3n) is 7.06. The molecule has 3 aliphatic rings. The molecule has 2 unspecified atom stereocenters. The number of nitrogens with zero attached hydrogens (tertiary/aromatic N) is 2. The fourth-order valence-electron chi connectivity index (χ4n) is 5.62. The molecule has 2 saturated heterocycles. The Morgan fingerprint density at radius 2 is 1.84 bits per heavy atom. The van der Waals surface area contributed by atoms with Gasteiger partial charge in [-0.1, -0.05) is 37.6 Å². The maximum absolute atomic E-state index is 13.3. The normalized spacial score (nSPS) is 19.7. The molecule has 0 saturated carbocycles. The van der Waals surface area contributed by atoms with Gasteiger partial charge in [-0.25, -0.2) is 5.16 Å². The van der Waals surface area contributed by atoms with Crippen LogP contribution in [0.3, 0.4) is 0 Å². The number of hydrogen-bond acceptors (Lipinski definition) is 6. The third kappa shape index (κ3) is 4.38. The lowest BCUT2D eigenvalue weighted by Crippen LogP contribution is -2.50. The lowest BCUT2D eigenvalue weighted by Gasteiger charge is -2.38. The molecule has 38 heavy (non-hydrogen) atoms. The summed E-state index contributed by atoms with van der Waals surface area (Å²) in [7, 11) is 1.55. The quantitative estimate of drug-likeness (QED) is 0.272. The van der Waals surface area contributed by atoms with Gasteiger partial charge in [0.1, 0.15) is 5.75 Å². The van der Waals surface area contributed by atoms with E-state index in [4.69, 9.17) is 26.2 Å². The maximum Gasteiger partial charge on any atom is 0.471 e. The highest BCUT2D eigenvalue weighted by atomic mass is 32.1. The Kier molecular flexibility index (Phi) is 6.81. The van der Waals surface area contributed by atoms with Crippen molar-refractivity contribution in [1.82, 2.24) is 15.0 Å². The van der Waals surface area contributed by atoms with Crippen LogP contribution >= 0.6 is 12.2 Å². The average Bonchev–Trinajstić information content (AvgIpc) is 3.46. The Morgan fingerprint density at radius 3 is 2.45 bits per heavy atom. The van der Waals surface area contributed by atoms with Crippen molar-refractivity contribution in [3.63, 3.8) is 0 Å². The summed E-state index contributed by atoms with van der Waals surface area (Å²) in [5, 5.41) is 2.68. The molecule has 0 spiro atoms. The van der Waals surface area contributed by atoms with Crippen LogP contribution in [0.25, 0.3) is 17.0 Å². The number of benzene rings is 2. The minimum atomic E-state index is -4.88. The lowest BCUT2D eigenvalue weighted by atomic mass is 9.83. The SMILES string of the molecule is CC.COc1cccc2c1Oc1cc(-c3nc(=S)o[nH]3)ccc1C2=C1CC2CCC(C1)N2C(=O)C(F)(F)F. The minimum absolute atomic E-state index is 0.0779. The van der Waals surface area contributed by atoms with E-state index in [2.05, 4.69) is 10.1 Å². The first-order chi connectivity index (χ1) is 18.2. The molecule has 6 rings (SSSR count). The Morgan fingerprint density at radius 1 is 1.13 bits per heavy atom. The molecule has 1 aromatic heterocycles. The van der Waals surface area contributed by atoms with Crippen molar-refractivity contribution in [3.05, 3.63) is 57.9 Å². The van der Waals surface area contributed by atoms with Crippen LogP contribution in [0.5, 0.6) is 17.2 Å². The molecule has 0 aliphatic carbocycles. The highest BCUT2D eigenvalue weighted by Gasteiger charge is 2.51. The molecule has 4 heterocycles. The van der Waals surface area contributed by atoms with Gasteiger partial charge < -0.3 is 18.9 Å². The van der Waals surface area contributed by atoms with Gasteiger partial charge in [-0.3, -0.25) is 4.79 Å². The Bertz CT molecular complexity index is 1460. The lowest BCUT2D eigenvalue weighted by molar-refractivity contribution is -0.189. The molecular weight excluding hydrogens is 519 g/mol. The van der Waals surface area contributed by atoms with Crippen molar-refractivity contribution in [3.8, 4) is 28.6 Å². The molecule has 200 valence electrons. The van der Waals surface area contributed by atoms with Crippen molar-refractivity contribution in [2.75, 3.05) is 7.11 Å². The van der Waals surface area contributed by atoms with Gasteiger partial charge in [-0.15, -0.1) is 0 Å². The van der Waals surface area contributed by atoms with E-state index in [0.717, 1.165) is 27.2 Å². The van der Waals surface area contributed by atoms with Crippen molar-refractivity contribution in [2.45, 2.75) is 57.8 Å². The summed E-state index contributed by atoms with van der Waals surface area (Å²) in [5.74, 6) is 0.318. The first-order valence-corrected chi connectivity index (χ1v) is 12.8. The predicted molar refractivity (Wildman–Crippen MR) is 137 cm³/mol. The number of fused-ring (bicyclic) bond motifs is 4. The summed E-state index contributed by atoms with van der Waals surface area (Å²) < 4.78 is 56.7. The summed E-state index contributed by atoms with van der Waals surface area (Å²) >= 11 is 4.96. The number of rotatable bonds is 2. The van der Waals surface area contributed by atoms with E-state index in [1.165, 1.54) is 0 Å². The van der Waals surface area contributed by atoms with Gasteiger partial charge in [-0.05, 0) is 61.7 Å². The molecule has 11 heteroatoms. The number of alkyl halides is 3. The van der Waals surface area contributed by atoms with Gasteiger partial charge in [0.2, 0.25) is 0 Å². The second kappa shape index (κ2) is 9.94. The molecular formula is C27H26F3N3O4S. The zero-order valence-corrected chi connectivity index (χ0v) is 21.8. The summed E-state index contributed by atoms with van der Waals surface area (Å²) in [6.07, 6.45) is -3.07. The number of hydrogen-bond donors (Lipinski definition) is 1. The molecule has 7 nitrogen and oxygen atoms in total. The van der Waals surface area contributed by atoms with E-state index in [9.17, 15) is 18.0 Å². The van der Waals surface area contributed by atoms with Crippen molar-refractivity contribution < 1.29 is 32.0 Å². The third-order valence-corrected chi connectivity index (χ3v) is 7.23. The van der Waals surface area contributed by atoms with Crippen LogP contribution in [0, 0.1) is 4.84 Å². The predicted octanol–water partition coefficient (Wildman–Crippen LogP) is 7.06. The average molecular weight is 546 g/mol. The van der Waals surface area contributed by atoms with Gasteiger partial charge in [-0.2, -0.15) is 18.2 Å². The fourth-order valence-corrected chi connectivity index (χ4v) is 5.76. The van der Waals surface area contributed by atoms with Crippen LogP contribution in [-0.4, -0.2) is 46.3 Å². The molecule has 1 amide bonds. The Hall–Kier alpha value is -3.60. The number of H-pyrrole nitrogens is 1. The molecule has 2 fully saturated rings. The number of aromatic nitrogens is 2. The number of amides is 1. The fraction of sp³-hybridized carbons (Fsp3) is 0.370. The molecule has 3 aliphatic heterocycles. The zero-order valence-electron chi connectivity index (χ0n) is 21.0. The maximum atomic E-state index is 13.3. The van der Waals surface area contributed by atoms with Crippen LogP contribution in [0.15, 0.2) is 46.5 Å². The summed E-state index contributed by atoms with van der Waals surface area (Å²) in [6, 6.07) is 10.1. The number of carbonyl (C=O) groups is 1. The number of nitrogens with one attached hydrogen (secondary N) is 1. The largest absolute Gasteiger partial charge is 0.493 e. The van der Waals surface area contributed by atoms with E-state index in [-0.39, 0.29) is 4.84 Å². The molecule has 1 N–H and O–H groups in total. The van der Waals surface area contributed by atoms with E-state index in [0.29, 0.717) is 54.3 Å². The first-order valence-electron chi connectivity index (χ1n) is 12.4. The van der Waals surface area contributed by atoms with Gasteiger partial charge in [0.05, 0.1) is 7.11 Å². The van der Waals surface area contributed by atoms with E-state index in [1.54, 1.807) is 13.2 Å². The van der Waals surface area contributed by atoms with E-state index >= 15 is 0 Å². The summed E-state index contributed by atoms with van der Waals surface area (Å²) in [6.45, 7) is 4.00. The monoisotopic (exact) mass is 545 g/mol. The van der Waals surface area contributed by atoms with Crippen LogP contribution in [-0.2, 0) is 4.79 Å². The smallest absolute Gasteiger partial charge is 0.471 e. The van der Waals surface area contributed by atoms with E-state index in [1.807, 2.05) is 44.2 Å². The molecule has 2 atom stereocenters. The number of halogens is 3. The first kappa shape index (κ1) is 26.0. The molecule has 0 radical (unpaired) electrons. The number of aromatic amines is 1. The number of para-hydroxylation sites is 1. The Balaban J connectivity index is 0.00000144. The van der Waals surface area contributed by atoms with Crippen LogP contribution in [0.4, 0.5) is 13.2 Å². The second-order valence-electron chi connectivity index (χ2n) is 9.06. The summed E-state index contributed by atoms with van der Waals surface area (Å²) in [4.78, 5) is 17.4. The van der Waals surface area contributed by atoms with Crippen molar-refractivity contribution >= 4 is 23.7 Å². The van der Waals surface area contributed by atoms with Crippen molar-refractivity contribution in [1.29, 1.82) is 0 Å². The van der Waals surface area contributed by atoms with Gasteiger partial charge in [0, 0.05) is 28.8 Å². The molecule has 2 aromatic carbocycles. The van der Waals surface area contributed by atoms with Crippen LogP contribution in [0.2, 0.25) is 0 Å². The second-order valence-corrected chi connectivity index (χ2v) is 9.41. The van der Waals surface area contributed by atoms with Gasteiger partial charge in [0.15, 0.2) is 17.3 Å². The summed E-state index contributed by atoms with van der Waals surface area (Å²) in [5.41, 5.74) is 4.22. The highest BCUT2D eigenvalue weighted by Crippen LogP contribution is 2.52. The zero-order chi connectivity index (χ0) is 27.2. The molecule has 3 aromatic rings. The number of carbonyl (C=O) groups excluding carboxylic acids is 1. The van der Waals surface area contributed by atoms with Crippen LogP contribution in [0.1, 0.15) is 50.7 Å². The number of piperidine rings is 1. The number of ether oxygens (including phenoxy) is 2. The topological polar surface area (TPSA) is 80.6 Å². The van der Waals surface area contributed by atoms with Gasteiger partial charge >= 0.3 is 16.9 Å². The highest BCUT2D eigenvalue weighted by molar-refractivity contribution is 7.71. The van der Waals surface area contributed by atoms with Crippen LogP contribution < -0.4 is 9.47 Å². The molecule has 2 bridgehead atoms.